The van der Waals surface area contributed by atoms with Crippen LogP contribution < -0.4 is 16.0 Å². The summed E-state index contributed by atoms with van der Waals surface area (Å²) in [4.78, 5) is 16.2. The van der Waals surface area contributed by atoms with Gasteiger partial charge in [-0.05, 0) is 30.9 Å². The molecule has 6 heteroatoms. The summed E-state index contributed by atoms with van der Waals surface area (Å²) >= 11 is 0. The quantitative estimate of drug-likeness (QED) is 0.386. The maximum absolute atomic E-state index is 11.9. The summed E-state index contributed by atoms with van der Waals surface area (Å²) in [6.07, 6.45) is 2.32. The molecule has 0 fully saturated rings. The molecule has 1 atom stereocenters. The van der Waals surface area contributed by atoms with Crippen LogP contribution in [0.2, 0.25) is 0 Å². The molecule has 140 valence electrons. The number of hydrogen-bond acceptors (Lipinski definition) is 3. The number of furan rings is 1. The van der Waals surface area contributed by atoms with Gasteiger partial charge in [-0.2, -0.15) is 0 Å². The topological polar surface area (TPSA) is 78.7 Å². The number of benzene rings is 1. The fraction of sp³-hybridized carbons (Fsp3) is 0.400. The average Bonchev–Trinajstić information content (AvgIpc) is 3.10. The Kier molecular flexibility index (Phi) is 7.74. The van der Waals surface area contributed by atoms with Gasteiger partial charge < -0.3 is 20.4 Å². The van der Waals surface area contributed by atoms with E-state index in [9.17, 15) is 4.79 Å². The molecule has 0 saturated heterocycles. The molecule has 1 heterocycles. The average molecular weight is 356 g/mol. The number of amides is 1. The Morgan fingerprint density at radius 1 is 1.12 bits per heavy atom. The Hall–Kier alpha value is -2.76. The largest absolute Gasteiger partial charge is 0.459 e. The van der Waals surface area contributed by atoms with Crippen molar-refractivity contribution in [3.8, 4) is 0 Å². The highest BCUT2D eigenvalue weighted by molar-refractivity contribution is 5.92. The summed E-state index contributed by atoms with van der Waals surface area (Å²) in [6, 6.07) is 12.2. The fourth-order valence-electron chi connectivity index (χ4n) is 2.55. The smallest absolute Gasteiger partial charge is 0.287 e. The van der Waals surface area contributed by atoms with Crippen molar-refractivity contribution >= 4 is 11.9 Å². The van der Waals surface area contributed by atoms with E-state index in [1.165, 1.54) is 11.8 Å². The van der Waals surface area contributed by atoms with Gasteiger partial charge in [-0.15, -0.1) is 0 Å². The van der Waals surface area contributed by atoms with E-state index >= 15 is 0 Å². The minimum Gasteiger partial charge on any atom is -0.459 e. The van der Waals surface area contributed by atoms with Crippen LogP contribution in [0.1, 0.15) is 40.9 Å². The second-order valence-corrected chi connectivity index (χ2v) is 6.23. The standard InChI is InChI=1S/C20H28N4O2/c1-15-10-13-26-18(15)19(25)22-11-7-12-23-20(21-3)24-14-16(2)17-8-5-4-6-9-17/h4-6,8-10,13,16H,7,11-12,14H2,1-3H3,(H,22,25)(H2,21,23,24). The second kappa shape index (κ2) is 10.3. The van der Waals surface area contributed by atoms with Gasteiger partial charge >= 0.3 is 0 Å². The number of nitrogens with zero attached hydrogens (tertiary/aromatic N) is 1. The van der Waals surface area contributed by atoms with Crippen molar-refractivity contribution in [1.29, 1.82) is 0 Å². The molecular weight excluding hydrogens is 328 g/mol. The van der Waals surface area contributed by atoms with Gasteiger partial charge in [0.25, 0.3) is 5.91 Å². The van der Waals surface area contributed by atoms with Crippen LogP contribution >= 0.6 is 0 Å². The van der Waals surface area contributed by atoms with Crippen LogP contribution in [0.5, 0.6) is 0 Å². The number of aliphatic imine (C=N–C) groups is 1. The maximum atomic E-state index is 11.9. The van der Waals surface area contributed by atoms with Gasteiger partial charge in [0.05, 0.1) is 6.26 Å². The number of carbonyl (C=O) groups excluding carboxylic acids is 1. The maximum Gasteiger partial charge on any atom is 0.287 e. The van der Waals surface area contributed by atoms with E-state index in [1.54, 1.807) is 13.1 Å². The summed E-state index contributed by atoms with van der Waals surface area (Å²) in [5.74, 6) is 1.36. The molecular formula is C20H28N4O2. The lowest BCUT2D eigenvalue weighted by molar-refractivity contribution is 0.0925. The van der Waals surface area contributed by atoms with Crippen molar-refractivity contribution in [2.75, 3.05) is 26.7 Å². The molecule has 0 aliphatic carbocycles. The van der Waals surface area contributed by atoms with Crippen LogP contribution in [-0.2, 0) is 0 Å². The molecule has 1 aromatic carbocycles. The first-order chi connectivity index (χ1) is 12.6. The number of nitrogens with one attached hydrogen (secondary N) is 3. The van der Waals surface area contributed by atoms with Crippen molar-refractivity contribution in [2.45, 2.75) is 26.2 Å². The van der Waals surface area contributed by atoms with E-state index in [0.29, 0.717) is 18.2 Å². The summed E-state index contributed by atoms with van der Waals surface area (Å²) in [5.41, 5.74) is 2.14. The van der Waals surface area contributed by atoms with Crippen molar-refractivity contribution in [1.82, 2.24) is 16.0 Å². The van der Waals surface area contributed by atoms with Crippen LogP contribution in [0.3, 0.4) is 0 Å². The van der Waals surface area contributed by atoms with Crippen molar-refractivity contribution < 1.29 is 9.21 Å². The van der Waals surface area contributed by atoms with Crippen LogP contribution in [0.25, 0.3) is 0 Å². The van der Waals surface area contributed by atoms with E-state index in [-0.39, 0.29) is 5.91 Å². The van der Waals surface area contributed by atoms with E-state index in [2.05, 4.69) is 52.1 Å². The Morgan fingerprint density at radius 2 is 1.85 bits per heavy atom. The molecule has 3 N–H and O–H groups in total. The van der Waals surface area contributed by atoms with E-state index in [4.69, 9.17) is 4.42 Å². The number of carbonyl (C=O) groups is 1. The Balaban J connectivity index is 1.63. The zero-order valence-corrected chi connectivity index (χ0v) is 15.7. The summed E-state index contributed by atoms with van der Waals surface area (Å²) in [5, 5.41) is 9.45. The first-order valence-corrected chi connectivity index (χ1v) is 8.93. The van der Waals surface area contributed by atoms with Crippen LogP contribution in [0.15, 0.2) is 52.1 Å². The SMILES string of the molecule is CN=C(NCCCNC(=O)c1occc1C)NCC(C)c1ccccc1. The molecule has 1 aromatic heterocycles. The van der Waals surface area contributed by atoms with Crippen molar-refractivity contribution in [3.63, 3.8) is 0 Å². The summed E-state index contributed by atoms with van der Waals surface area (Å²) < 4.78 is 5.17. The van der Waals surface area contributed by atoms with Gasteiger partial charge in [-0.1, -0.05) is 37.3 Å². The third-order valence-electron chi connectivity index (χ3n) is 4.17. The van der Waals surface area contributed by atoms with Gasteiger partial charge in [-0.3, -0.25) is 9.79 Å². The molecule has 26 heavy (non-hydrogen) atoms. The first kappa shape index (κ1) is 19.6. The zero-order valence-electron chi connectivity index (χ0n) is 15.7. The molecule has 0 aliphatic rings. The third kappa shape index (κ3) is 5.95. The minimum atomic E-state index is -0.174. The Labute approximate surface area is 155 Å². The molecule has 2 rings (SSSR count). The van der Waals surface area contributed by atoms with E-state index < -0.39 is 0 Å². The third-order valence-corrected chi connectivity index (χ3v) is 4.17. The molecule has 0 saturated carbocycles. The lowest BCUT2D eigenvalue weighted by Crippen LogP contribution is -2.40. The molecule has 0 aliphatic heterocycles. The van der Waals surface area contributed by atoms with Crippen molar-refractivity contribution in [2.24, 2.45) is 4.99 Å². The molecule has 2 aromatic rings. The van der Waals surface area contributed by atoms with Gasteiger partial charge in [-0.25, -0.2) is 0 Å². The molecule has 0 radical (unpaired) electrons. The summed E-state index contributed by atoms with van der Waals surface area (Å²) in [6.45, 7) is 6.13. The van der Waals surface area contributed by atoms with Crippen LogP contribution in [0.4, 0.5) is 0 Å². The lowest BCUT2D eigenvalue weighted by Gasteiger charge is -2.16. The van der Waals surface area contributed by atoms with Crippen LogP contribution in [-0.4, -0.2) is 38.5 Å². The number of rotatable bonds is 8. The lowest BCUT2D eigenvalue weighted by atomic mass is 10.0. The molecule has 1 amide bonds. The highest BCUT2D eigenvalue weighted by atomic mass is 16.3. The predicted octanol–water partition coefficient (Wildman–Crippen LogP) is 2.68. The van der Waals surface area contributed by atoms with E-state index in [0.717, 1.165) is 31.0 Å². The molecule has 0 bridgehead atoms. The Morgan fingerprint density at radius 3 is 2.50 bits per heavy atom. The fourth-order valence-corrected chi connectivity index (χ4v) is 2.55. The predicted molar refractivity (Wildman–Crippen MR) is 105 cm³/mol. The van der Waals surface area contributed by atoms with Gasteiger partial charge in [0.15, 0.2) is 11.7 Å². The monoisotopic (exact) mass is 356 g/mol. The highest BCUT2D eigenvalue weighted by Crippen LogP contribution is 2.12. The number of aryl methyl sites for hydroxylation is 1. The molecule has 6 nitrogen and oxygen atoms in total. The van der Waals surface area contributed by atoms with Crippen molar-refractivity contribution in [3.05, 3.63) is 59.5 Å². The minimum absolute atomic E-state index is 0.174. The molecule has 0 spiro atoms. The van der Waals surface area contributed by atoms with Gasteiger partial charge in [0.1, 0.15) is 0 Å². The normalized spacial score (nSPS) is 12.5. The van der Waals surface area contributed by atoms with E-state index in [1.807, 2.05) is 13.0 Å². The molecule has 1 unspecified atom stereocenters. The summed E-state index contributed by atoms with van der Waals surface area (Å²) in [7, 11) is 1.75. The zero-order chi connectivity index (χ0) is 18.8. The number of guanidine groups is 1. The van der Waals surface area contributed by atoms with Gasteiger partial charge in [0, 0.05) is 32.2 Å². The van der Waals surface area contributed by atoms with Gasteiger partial charge in [0.2, 0.25) is 0 Å². The highest BCUT2D eigenvalue weighted by Gasteiger charge is 2.11. The van der Waals surface area contributed by atoms with Crippen LogP contribution in [0, 0.1) is 6.92 Å². The number of hydrogen-bond donors (Lipinski definition) is 3. The second-order valence-electron chi connectivity index (χ2n) is 6.23. The first-order valence-electron chi connectivity index (χ1n) is 8.93. The Bertz CT molecular complexity index is 710.